The van der Waals surface area contributed by atoms with Gasteiger partial charge < -0.3 is 20.3 Å². The van der Waals surface area contributed by atoms with Crippen LogP contribution in [0.15, 0.2) is 42.1 Å². The van der Waals surface area contributed by atoms with Gasteiger partial charge in [-0.05, 0) is 46.4 Å². The molecule has 2 N–H and O–H groups in total. The summed E-state index contributed by atoms with van der Waals surface area (Å²) in [7, 11) is 2.11. The number of alkyl halides is 2. The van der Waals surface area contributed by atoms with Crippen molar-refractivity contribution in [1.82, 2.24) is 20.4 Å². The molecule has 1 aromatic heterocycles. The largest absolute Gasteiger partial charge is 0.486 e. The Morgan fingerprint density at radius 3 is 2.83 bits per heavy atom. The molecule has 6 nitrogen and oxygen atoms in total. The Balaban J connectivity index is 1.73. The SMILES string of the molecule is C/C=c1/c(C)nnc(N[C@H](C)c2cccc3c2OCC3(F)F)/c1=C/C(=C/CC)NC1C=CCN(C)C1. The van der Waals surface area contributed by atoms with Gasteiger partial charge in [-0.1, -0.05) is 43.4 Å². The zero-order valence-corrected chi connectivity index (χ0v) is 21.6. The van der Waals surface area contributed by atoms with Gasteiger partial charge in [0.15, 0.2) is 12.4 Å². The fourth-order valence-electron chi connectivity index (χ4n) is 4.76. The number of ether oxygens (including phenoxy) is 1. The summed E-state index contributed by atoms with van der Waals surface area (Å²) in [5.41, 5.74) is 2.41. The standard InChI is InChI=1S/C28H35F2N5O/c1-6-10-20(32-21-11-9-14-35(5)16-21)15-24-22(7-2)19(4)33-34-27(24)31-18(3)23-12-8-13-25-26(23)36-17-28(25,29)30/h7-13,15,18,21,32H,6,14,16-17H2,1-5H3,(H,31,34)/b20-10-,22-7-,24-15+/t18-,21?/m1/s1. The number of hydrogen-bond donors (Lipinski definition) is 2. The fourth-order valence-corrected chi connectivity index (χ4v) is 4.76. The average Bonchev–Trinajstić information content (AvgIpc) is 3.15. The molecule has 0 aliphatic carbocycles. The Morgan fingerprint density at radius 2 is 2.11 bits per heavy atom. The lowest BCUT2D eigenvalue weighted by Crippen LogP contribution is -2.41. The van der Waals surface area contributed by atoms with Crippen molar-refractivity contribution in [2.75, 3.05) is 32.1 Å². The van der Waals surface area contributed by atoms with Crippen molar-refractivity contribution < 1.29 is 13.5 Å². The number of rotatable bonds is 7. The number of para-hydroxylation sites is 1. The third kappa shape index (κ3) is 5.43. The Hall–Kier alpha value is -3.26. The molecule has 0 fully saturated rings. The first-order valence-electron chi connectivity index (χ1n) is 12.5. The second kappa shape index (κ2) is 10.8. The van der Waals surface area contributed by atoms with Crippen LogP contribution in [-0.2, 0) is 5.92 Å². The maximum atomic E-state index is 14.2. The van der Waals surface area contributed by atoms with E-state index in [9.17, 15) is 8.78 Å². The maximum absolute atomic E-state index is 14.2. The minimum atomic E-state index is -2.98. The summed E-state index contributed by atoms with van der Waals surface area (Å²) in [6, 6.07) is 4.76. The van der Waals surface area contributed by atoms with Gasteiger partial charge in [0, 0.05) is 34.8 Å². The highest BCUT2D eigenvalue weighted by atomic mass is 19.3. The van der Waals surface area contributed by atoms with E-state index in [4.69, 9.17) is 4.74 Å². The lowest BCUT2D eigenvalue weighted by molar-refractivity contribution is -0.0214. The highest BCUT2D eigenvalue weighted by Crippen LogP contribution is 2.44. The Labute approximate surface area is 211 Å². The molecule has 0 saturated carbocycles. The lowest BCUT2D eigenvalue weighted by atomic mass is 10.0. The predicted octanol–water partition coefficient (Wildman–Crippen LogP) is 3.78. The molecular formula is C28H35F2N5O. The van der Waals surface area contributed by atoms with E-state index < -0.39 is 12.5 Å². The van der Waals surface area contributed by atoms with Crippen molar-refractivity contribution in [3.63, 3.8) is 0 Å². The van der Waals surface area contributed by atoms with E-state index >= 15 is 0 Å². The van der Waals surface area contributed by atoms with Gasteiger partial charge in [-0.3, -0.25) is 0 Å². The van der Waals surface area contributed by atoms with Gasteiger partial charge in [0.25, 0.3) is 0 Å². The molecule has 1 unspecified atom stereocenters. The number of aryl methyl sites for hydroxylation is 1. The first kappa shape index (κ1) is 25.8. The smallest absolute Gasteiger partial charge is 0.310 e. The maximum Gasteiger partial charge on any atom is 0.310 e. The van der Waals surface area contributed by atoms with Gasteiger partial charge >= 0.3 is 5.92 Å². The Morgan fingerprint density at radius 1 is 1.31 bits per heavy atom. The second-order valence-corrected chi connectivity index (χ2v) is 9.45. The monoisotopic (exact) mass is 495 g/mol. The van der Waals surface area contributed by atoms with Gasteiger partial charge in [-0.25, -0.2) is 0 Å². The van der Waals surface area contributed by atoms with Crippen LogP contribution in [0.1, 0.15) is 50.1 Å². The minimum absolute atomic E-state index is 0.0686. The van der Waals surface area contributed by atoms with Gasteiger partial charge in [0.2, 0.25) is 0 Å². The molecule has 3 heterocycles. The highest BCUT2D eigenvalue weighted by molar-refractivity contribution is 5.56. The van der Waals surface area contributed by atoms with E-state index in [-0.39, 0.29) is 23.4 Å². The van der Waals surface area contributed by atoms with Crippen molar-refractivity contribution in [2.45, 2.75) is 52.1 Å². The van der Waals surface area contributed by atoms with Crippen LogP contribution in [0.5, 0.6) is 5.75 Å². The van der Waals surface area contributed by atoms with E-state index in [2.05, 4.69) is 64.0 Å². The topological polar surface area (TPSA) is 62.3 Å². The molecule has 0 radical (unpaired) electrons. The Bertz CT molecular complexity index is 1290. The zero-order valence-electron chi connectivity index (χ0n) is 21.6. The van der Waals surface area contributed by atoms with E-state index in [1.54, 1.807) is 6.07 Å². The van der Waals surface area contributed by atoms with E-state index in [1.165, 1.54) is 6.07 Å². The molecule has 2 aliphatic heterocycles. The average molecular weight is 496 g/mol. The van der Waals surface area contributed by atoms with Crippen LogP contribution in [0.25, 0.3) is 12.2 Å². The van der Waals surface area contributed by atoms with Crippen molar-refractivity contribution in [1.29, 1.82) is 0 Å². The molecule has 0 spiro atoms. The number of nitrogens with zero attached hydrogens (tertiary/aromatic N) is 3. The van der Waals surface area contributed by atoms with Gasteiger partial charge in [0.05, 0.1) is 23.3 Å². The molecular weight excluding hydrogens is 460 g/mol. The molecule has 2 aromatic rings. The number of allylic oxidation sites excluding steroid dienone is 2. The van der Waals surface area contributed by atoms with Crippen molar-refractivity contribution in [3.05, 3.63) is 69.4 Å². The summed E-state index contributed by atoms with van der Waals surface area (Å²) >= 11 is 0. The van der Waals surface area contributed by atoms with Crippen LogP contribution < -0.4 is 25.8 Å². The summed E-state index contributed by atoms with van der Waals surface area (Å²) in [5.74, 6) is -2.15. The number of fused-ring (bicyclic) bond motifs is 1. The van der Waals surface area contributed by atoms with Crippen LogP contribution in [0.2, 0.25) is 0 Å². The van der Waals surface area contributed by atoms with E-state index in [1.807, 2.05) is 32.9 Å². The molecule has 36 heavy (non-hydrogen) atoms. The normalized spacial score (nSPS) is 21.3. The van der Waals surface area contributed by atoms with Crippen LogP contribution in [0.3, 0.4) is 0 Å². The third-order valence-corrected chi connectivity index (χ3v) is 6.55. The third-order valence-electron chi connectivity index (χ3n) is 6.55. The van der Waals surface area contributed by atoms with Gasteiger partial charge in [0.1, 0.15) is 5.75 Å². The second-order valence-electron chi connectivity index (χ2n) is 9.45. The van der Waals surface area contributed by atoms with E-state index in [0.717, 1.165) is 41.3 Å². The Kier molecular flexibility index (Phi) is 7.73. The molecule has 8 heteroatoms. The molecule has 1 aromatic carbocycles. The van der Waals surface area contributed by atoms with Gasteiger partial charge in [-0.15, -0.1) is 5.10 Å². The summed E-state index contributed by atoms with van der Waals surface area (Å²) in [5, 5.41) is 17.8. The van der Waals surface area contributed by atoms with E-state index in [0.29, 0.717) is 11.4 Å². The molecule has 0 saturated heterocycles. The number of aromatic nitrogens is 2. The number of anilines is 1. The number of benzene rings is 1. The molecule has 4 rings (SSSR count). The minimum Gasteiger partial charge on any atom is -0.486 e. The van der Waals surface area contributed by atoms with Crippen molar-refractivity contribution in [2.24, 2.45) is 0 Å². The summed E-state index contributed by atoms with van der Waals surface area (Å²) in [4.78, 5) is 2.27. The van der Waals surface area contributed by atoms with Crippen LogP contribution >= 0.6 is 0 Å². The lowest BCUT2D eigenvalue weighted by Gasteiger charge is -2.27. The summed E-state index contributed by atoms with van der Waals surface area (Å²) in [6.07, 6.45) is 11.5. The summed E-state index contributed by atoms with van der Waals surface area (Å²) in [6.45, 7) is 9.16. The molecule has 0 amide bonds. The van der Waals surface area contributed by atoms with Gasteiger partial charge in [-0.2, -0.15) is 13.9 Å². The first-order chi connectivity index (χ1) is 17.2. The highest BCUT2D eigenvalue weighted by Gasteiger charge is 2.42. The van der Waals surface area contributed by atoms with Crippen LogP contribution in [0.4, 0.5) is 14.6 Å². The summed E-state index contributed by atoms with van der Waals surface area (Å²) < 4.78 is 33.9. The van der Waals surface area contributed by atoms with Crippen LogP contribution in [-0.4, -0.2) is 47.9 Å². The molecule has 0 bridgehead atoms. The molecule has 192 valence electrons. The number of nitrogens with one attached hydrogen (secondary N) is 2. The van der Waals surface area contributed by atoms with Crippen LogP contribution in [0, 0.1) is 6.92 Å². The number of halogens is 2. The quantitative estimate of drug-likeness (QED) is 0.571. The molecule has 2 atom stereocenters. The predicted molar refractivity (Wildman–Crippen MR) is 140 cm³/mol. The first-order valence-corrected chi connectivity index (χ1v) is 12.5. The number of hydrogen-bond acceptors (Lipinski definition) is 6. The fraction of sp³-hybridized carbons (Fsp3) is 0.429. The number of likely N-dealkylation sites (N-methyl/N-ethyl adjacent to an activating group) is 1. The zero-order chi connectivity index (χ0) is 25.9. The van der Waals surface area contributed by atoms with Crippen molar-refractivity contribution >= 4 is 18.0 Å². The van der Waals surface area contributed by atoms with Crippen molar-refractivity contribution in [3.8, 4) is 5.75 Å². The molecule has 2 aliphatic rings.